The molecule has 2 aromatic rings. The Balaban J connectivity index is 1.59. The minimum atomic E-state index is -0.167. The summed E-state index contributed by atoms with van der Waals surface area (Å²) in [5.41, 5.74) is 3.93. The number of hydrogen-bond donors (Lipinski definition) is 1. The van der Waals surface area contributed by atoms with E-state index in [1.54, 1.807) is 12.1 Å². The highest BCUT2D eigenvalue weighted by atomic mass is 19.1. The van der Waals surface area contributed by atoms with Crippen LogP contribution >= 0.6 is 0 Å². The summed E-state index contributed by atoms with van der Waals surface area (Å²) < 4.78 is 13.2. The van der Waals surface area contributed by atoms with Crippen molar-refractivity contribution >= 4 is 0 Å². The summed E-state index contributed by atoms with van der Waals surface area (Å²) in [5.74, 6) is 0.437. The molecule has 1 nitrogen and oxygen atoms in total. The summed E-state index contributed by atoms with van der Waals surface area (Å²) in [6.45, 7) is 3.04. The normalized spacial score (nSPS) is 18.5. The monoisotopic (exact) mass is 255 g/mol. The van der Waals surface area contributed by atoms with Gasteiger partial charge in [-0.3, -0.25) is 0 Å². The van der Waals surface area contributed by atoms with Gasteiger partial charge in [0.15, 0.2) is 0 Å². The van der Waals surface area contributed by atoms with Crippen LogP contribution in [0, 0.1) is 5.82 Å². The van der Waals surface area contributed by atoms with E-state index in [4.69, 9.17) is 0 Å². The van der Waals surface area contributed by atoms with Gasteiger partial charge in [-0.25, -0.2) is 4.39 Å². The predicted molar refractivity (Wildman–Crippen MR) is 75.7 cm³/mol. The molecule has 2 heteroatoms. The third-order valence-electron chi connectivity index (χ3n) is 3.98. The second-order valence-electron chi connectivity index (χ2n) is 5.28. The zero-order chi connectivity index (χ0) is 13.2. The minimum Gasteiger partial charge on any atom is -0.310 e. The molecule has 0 aliphatic heterocycles. The summed E-state index contributed by atoms with van der Waals surface area (Å²) in [6, 6.07) is 15.6. The molecule has 0 saturated carbocycles. The van der Waals surface area contributed by atoms with Gasteiger partial charge in [-0.05, 0) is 42.2 Å². The third-order valence-corrected chi connectivity index (χ3v) is 3.98. The summed E-state index contributed by atoms with van der Waals surface area (Å²) >= 11 is 0. The van der Waals surface area contributed by atoms with Crippen LogP contribution in [0.2, 0.25) is 0 Å². The zero-order valence-electron chi connectivity index (χ0n) is 11.1. The molecule has 1 N–H and O–H groups in total. The highest BCUT2D eigenvalue weighted by molar-refractivity contribution is 5.40. The maximum Gasteiger partial charge on any atom is 0.123 e. The van der Waals surface area contributed by atoms with Crippen LogP contribution in [-0.4, -0.2) is 6.54 Å². The van der Waals surface area contributed by atoms with Crippen LogP contribution in [0.4, 0.5) is 4.39 Å². The van der Waals surface area contributed by atoms with E-state index in [1.807, 2.05) is 6.07 Å². The smallest absolute Gasteiger partial charge is 0.123 e. The van der Waals surface area contributed by atoms with Crippen molar-refractivity contribution in [1.82, 2.24) is 5.32 Å². The van der Waals surface area contributed by atoms with Crippen molar-refractivity contribution in [2.45, 2.75) is 25.3 Å². The van der Waals surface area contributed by atoms with Gasteiger partial charge in [0.2, 0.25) is 0 Å². The quantitative estimate of drug-likeness (QED) is 0.876. The molecule has 1 aliphatic rings. The van der Waals surface area contributed by atoms with Gasteiger partial charge >= 0.3 is 0 Å². The molecule has 0 heterocycles. The van der Waals surface area contributed by atoms with Crippen LogP contribution < -0.4 is 5.32 Å². The molecule has 0 spiro atoms. The highest BCUT2D eigenvalue weighted by Crippen LogP contribution is 2.34. The number of nitrogens with one attached hydrogen (secondary N) is 1. The Kier molecular flexibility index (Phi) is 3.34. The number of benzene rings is 2. The second kappa shape index (κ2) is 5.14. The van der Waals surface area contributed by atoms with Crippen molar-refractivity contribution in [1.29, 1.82) is 0 Å². The lowest BCUT2D eigenvalue weighted by molar-refractivity contribution is 0.487. The van der Waals surface area contributed by atoms with Crippen LogP contribution in [0.3, 0.4) is 0 Å². The molecule has 0 amide bonds. The molecule has 0 saturated heterocycles. The third kappa shape index (κ3) is 2.54. The molecule has 1 aliphatic carbocycles. The van der Waals surface area contributed by atoms with Crippen LogP contribution in [0.5, 0.6) is 0 Å². The molecule has 2 atom stereocenters. The van der Waals surface area contributed by atoms with Crippen molar-refractivity contribution in [3.63, 3.8) is 0 Å². The minimum absolute atomic E-state index is 0.167. The molecule has 0 bridgehead atoms. The lowest BCUT2D eigenvalue weighted by atomic mass is 9.77. The van der Waals surface area contributed by atoms with Crippen LogP contribution in [0.15, 0.2) is 48.5 Å². The number of halogens is 1. The standard InChI is InChI=1S/C17H18FN/c1-12(13-6-4-7-16(18)10-13)19-11-15-9-14-5-2-3-8-17(14)15/h2-8,10,12,15,19H,9,11H2,1H3/t12-,15?/m1/s1. The number of rotatable bonds is 4. The Morgan fingerprint density at radius 3 is 2.84 bits per heavy atom. The van der Waals surface area contributed by atoms with Crippen molar-refractivity contribution in [3.05, 3.63) is 71.0 Å². The lowest BCUT2D eigenvalue weighted by Crippen LogP contribution is -2.30. The van der Waals surface area contributed by atoms with Gasteiger partial charge in [-0.1, -0.05) is 36.4 Å². The fourth-order valence-electron chi connectivity index (χ4n) is 2.76. The van der Waals surface area contributed by atoms with Gasteiger partial charge in [-0.2, -0.15) is 0 Å². The fraction of sp³-hybridized carbons (Fsp3) is 0.294. The maximum atomic E-state index is 13.2. The van der Waals surface area contributed by atoms with E-state index >= 15 is 0 Å². The Morgan fingerprint density at radius 2 is 2.05 bits per heavy atom. The van der Waals surface area contributed by atoms with Crippen LogP contribution in [0.1, 0.15) is 35.6 Å². The van der Waals surface area contributed by atoms with Gasteiger partial charge in [0.1, 0.15) is 5.82 Å². The number of hydrogen-bond acceptors (Lipinski definition) is 1. The number of fused-ring (bicyclic) bond motifs is 1. The van der Waals surface area contributed by atoms with Gasteiger partial charge in [0.25, 0.3) is 0 Å². The molecule has 2 aromatic carbocycles. The van der Waals surface area contributed by atoms with Gasteiger partial charge < -0.3 is 5.32 Å². The van der Waals surface area contributed by atoms with Crippen LogP contribution in [-0.2, 0) is 6.42 Å². The van der Waals surface area contributed by atoms with E-state index in [0.29, 0.717) is 5.92 Å². The summed E-state index contributed by atoms with van der Waals surface area (Å²) in [4.78, 5) is 0. The molecule has 19 heavy (non-hydrogen) atoms. The van der Waals surface area contributed by atoms with E-state index in [-0.39, 0.29) is 11.9 Å². The first kappa shape index (κ1) is 12.4. The Labute approximate surface area is 113 Å². The van der Waals surface area contributed by atoms with Gasteiger partial charge in [0.05, 0.1) is 0 Å². The maximum absolute atomic E-state index is 13.2. The fourth-order valence-corrected chi connectivity index (χ4v) is 2.76. The lowest BCUT2D eigenvalue weighted by Gasteiger charge is -2.31. The average molecular weight is 255 g/mol. The Morgan fingerprint density at radius 1 is 1.21 bits per heavy atom. The van der Waals surface area contributed by atoms with E-state index in [9.17, 15) is 4.39 Å². The van der Waals surface area contributed by atoms with Crippen molar-refractivity contribution in [3.8, 4) is 0 Å². The first-order chi connectivity index (χ1) is 9.24. The first-order valence-corrected chi connectivity index (χ1v) is 6.80. The topological polar surface area (TPSA) is 12.0 Å². The largest absolute Gasteiger partial charge is 0.310 e. The van der Waals surface area contributed by atoms with Gasteiger partial charge in [-0.15, -0.1) is 0 Å². The van der Waals surface area contributed by atoms with E-state index in [0.717, 1.165) is 18.5 Å². The molecule has 1 unspecified atom stereocenters. The van der Waals surface area contributed by atoms with E-state index in [2.05, 4.69) is 36.5 Å². The first-order valence-electron chi connectivity index (χ1n) is 6.80. The van der Waals surface area contributed by atoms with Crippen molar-refractivity contribution < 1.29 is 4.39 Å². The SMILES string of the molecule is C[C@@H](NCC1Cc2ccccc21)c1cccc(F)c1. The summed E-state index contributed by atoms with van der Waals surface area (Å²) in [6.07, 6.45) is 1.15. The molecular weight excluding hydrogens is 237 g/mol. The van der Waals surface area contributed by atoms with E-state index < -0.39 is 0 Å². The Bertz CT molecular complexity index is 579. The molecule has 98 valence electrons. The van der Waals surface area contributed by atoms with Gasteiger partial charge in [0, 0.05) is 18.5 Å². The second-order valence-corrected chi connectivity index (χ2v) is 5.28. The molecule has 0 fully saturated rings. The highest BCUT2D eigenvalue weighted by Gasteiger charge is 2.25. The average Bonchev–Trinajstić information content (AvgIpc) is 2.39. The molecule has 3 rings (SSSR count). The molecule has 0 aromatic heterocycles. The summed E-state index contributed by atoms with van der Waals surface area (Å²) in [5, 5.41) is 3.50. The van der Waals surface area contributed by atoms with Crippen molar-refractivity contribution in [2.75, 3.05) is 6.54 Å². The van der Waals surface area contributed by atoms with E-state index in [1.165, 1.54) is 17.2 Å². The zero-order valence-corrected chi connectivity index (χ0v) is 11.1. The summed E-state index contributed by atoms with van der Waals surface area (Å²) in [7, 11) is 0. The molecular formula is C17H18FN. The van der Waals surface area contributed by atoms with Crippen molar-refractivity contribution in [2.24, 2.45) is 0 Å². The van der Waals surface area contributed by atoms with Crippen LogP contribution in [0.25, 0.3) is 0 Å². The Hall–Kier alpha value is -1.67. The predicted octanol–water partition coefficient (Wildman–Crippen LogP) is 3.82. The molecule has 0 radical (unpaired) electrons.